The fourth-order valence-electron chi connectivity index (χ4n) is 2.65. The first-order chi connectivity index (χ1) is 12.1. The molecule has 1 heterocycles. The molecule has 26 heavy (non-hydrogen) atoms. The van der Waals surface area contributed by atoms with Crippen LogP contribution in [0.5, 0.6) is 0 Å². The highest BCUT2D eigenvalue weighted by Crippen LogP contribution is 2.41. The van der Waals surface area contributed by atoms with Crippen LogP contribution in [-0.2, 0) is 16.0 Å². The third-order valence-corrected chi connectivity index (χ3v) is 4.00. The number of benzene rings is 1. The van der Waals surface area contributed by atoms with Gasteiger partial charge in [-0.3, -0.25) is 10.1 Å². The lowest BCUT2D eigenvalue weighted by Gasteiger charge is -2.39. The molecular formula is C16H18F6N2O2. The molecule has 0 bridgehead atoms. The lowest BCUT2D eigenvalue weighted by molar-refractivity contribution is -0.316. The molecule has 10 heteroatoms. The van der Waals surface area contributed by atoms with Crippen LogP contribution in [0.1, 0.15) is 18.4 Å². The van der Waals surface area contributed by atoms with Crippen LogP contribution in [0.15, 0.2) is 30.3 Å². The molecule has 2 rings (SSSR count). The molecule has 1 aliphatic heterocycles. The van der Waals surface area contributed by atoms with Crippen LogP contribution >= 0.6 is 0 Å². The average molecular weight is 384 g/mol. The van der Waals surface area contributed by atoms with E-state index >= 15 is 0 Å². The molecule has 1 aromatic carbocycles. The van der Waals surface area contributed by atoms with E-state index in [1.807, 2.05) is 0 Å². The van der Waals surface area contributed by atoms with E-state index in [1.165, 1.54) is 29.6 Å². The predicted molar refractivity (Wildman–Crippen MR) is 80.1 cm³/mol. The summed E-state index contributed by atoms with van der Waals surface area (Å²) in [6.07, 6.45) is -12.1. The zero-order valence-electron chi connectivity index (χ0n) is 13.6. The van der Waals surface area contributed by atoms with Crippen LogP contribution in [0.3, 0.4) is 0 Å². The predicted octanol–water partition coefficient (Wildman–Crippen LogP) is 2.93. The largest absolute Gasteiger partial charge is 0.434 e. The van der Waals surface area contributed by atoms with Gasteiger partial charge in [0.05, 0.1) is 12.5 Å². The maximum Gasteiger partial charge on any atom is 0.434 e. The minimum Gasteiger partial charge on any atom is -0.377 e. The Bertz CT molecular complexity index is 583. The van der Waals surface area contributed by atoms with Crippen molar-refractivity contribution in [3.8, 4) is 0 Å². The molecule has 0 aromatic heterocycles. The summed E-state index contributed by atoms with van der Waals surface area (Å²) in [4.78, 5) is 11.9. The van der Waals surface area contributed by atoms with Crippen LogP contribution in [0.2, 0.25) is 0 Å². The summed E-state index contributed by atoms with van der Waals surface area (Å²) < 4.78 is 85.5. The Morgan fingerprint density at radius 2 is 1.69 bits per heavy atom. The number of halogens is 6. The number of hydrogen-bond donors (Lipinski definition) is 2. The van der Waals surface area contributed by atoms with Gasteiger partial charge in [-0.15, -0.1) is 0 Å². The van der Waals surface area contributed by atoms with Gasteiger partial charge in [0.1, 0.15) is 0 Å². The molecule has 1 fully saturated rings. The van der Waals surface area contributed by atoms with Gasteiger partial charge < -0.3 is 10.1 Å². The first-order valence-electron chi connectivity index (χ1n) is 7.90. The highest BCUT2D eigenvalue weighted by atomic mass is 19.4. The van der Waals surface area contributed by atoms with Crippen LogP contribution in [0.25, 0.3) is 0 Å². The Morgan fingerprint density at radius 1 is 1.08 bits per heavy atom. The minimum absolute atomic E-state index is 0.276. The van der Waals surface area contributed by atoms with E-state index in [-0.39, 0.29) is 6.61 Å². The van der Waals surface area contributed by atoms with E-state index in [0.717, 1.165) is 5.32 Å². The molecule has 1 atom stereocenters. The van der Waals surface area contributed by atoms with Crippen LogP contribution in [0.4, 0.5) is 26.3 Å². The lowest BCUT2D eigenvalue weighted by Crippen LogP contribution is -2.76. The molecule has 1 amide bonds. The first-order valence-corrected chi connectivity index (χ1v) is 7.90. The van der Waals surface area contributed by atoms with Gasteiger partial charge in [-0.25, -0.2) is 0 Å². The summed E-state index contributed by atoms with van der Waals surface area (Å²) in [5, 5.41) is 2.59. The Balaban J connectivity index is 2.21. The molecule has 0 radical (unpaired) electrons. The van der Waals surface area contributed by atoms with Crippen molar-refractivity contribution in [3.63, 3.8) is 0 Å². The van der Waals surface area contributed by atoms with Gasteiger partial charge >= 0.3 is 12.4 Å². The maximum atomic E-state index is 13.4. The van der Waals surface area contributed by atoms with Gasteiger partial charge in [0.15, 0.2) is 0 Å². The fourth-order valence-corrected chi connectivity index (χ4v) is 2.65. The van der Waals surface area contributed by atoms with Crippen LogP contribution in [-0.4, -0.2) is 43.2 Å². The molecule has 4 nitrogen and oxygen atoms in total. The summed E-state index contributed by atoms with van der Waals surface area (Å²) in [6.45, 7) is -0.414. The zero-order chi connectivity index (χ0) is 19.4. The SMILES string of the molecule is O=C(Cc1ccccc1)NC(NC[C@@H]1CCCO1)(C(F)(F)F)C(F)(F)F. The Morgan fingerprint density at radius 3 is 2.19 bits per heavy atom. The summed E-state index contributed by atoms with van der Waals surface area (Å²) in [5.74, 6) is -1.40. The smallest absolute Gasteiger partial charge is 0.377 e. The lowest BCUT2D eigenvalue weighted by atomic mass is 10.1. The molecular weight excluding hydrogens is 366 g/mol. The van der Waals surface area contributed by atoms with Crippen molar-refractivity contribution in [2.45, 2.75) is 43.4 Å². The molecule has 146 valence electrons. The van der Waals surface area contributed by atoms with Crippen molar-refractivity contribution in [1.29, 1.82) is 0 Å². The van der Waals surface area contributed by atoms with Crippen molar-refractivity contribution in [2.75, 3.05) is 13.2 Å². The molecule has 1 saturated heterocycles. The number of carbonyl (C=O) groups is 1. The normalized spacial score (nSPS) is 18.8. The van der Waals surface area contributed by atoms with E-state index in [4.69, 9.17) is 4.74 Å². The number of alkyl halides is 6. The Kier molecular flexibility index (Phi) is 6.17. The second kappa shape index (κ2) is 7.83. The number of rotatable bonds is 6. The number of nitrogens with one attached hydrogen (secondary N) is 2. The van der Waals surface area contributed by atoms with Crippen molar-refractivity contribution >= 4 is 5.91 Å². The Labute approximate surface area is 145 Å². The quantitative estimate of drug-likeness (QED) is 0.586. The maximum absolute atomic E-state index is 13.4. The molecule has 0 unspecified atom stereocenters. The second-order valence-electron chi connectivity index (χ2n) is 5.97. The fraction of sp³-hybridized carbons (Fsp3) is 0.562. The highest BCUT2D eigenvalue weighted by Gasteiger charge is 2.72. The monoisotopic (exact) mass is 384 g/mol. The molecule has 2 N–H and O–H groups in total. The third kappa shape index (κ3) is 4.67. The molecule has 0 spiro atoms. The van der Waals surface area contributed by atoms with Crippen molar-refractivity contribution in [3.05, 3.63) is 35.9 Å². The van der Waals surface area contributed by atoms with E-state index in [1.54, 1.807) is 6.07 Å². The average Bonchev–Trinajstić information content (AvgIpc) is 3.03. The zero-order valence-corrected chi connectivity index (χ0v) is 13.6. The van der Waals surface area contributed by atoms with E-state index in [2.05, 4.69) is 0 Å². The standard InChI is InChI=1S/C16H18F6N2O2/c17-15(18,19)14(16(20,21)22,23-10-12-7-4-8-26-12)24-13(25)9-11-5-2-1-3-6-11/h1-3,5-6,12,23H,4,7-10H2,(H,24,25)/t12-/m0/s1. The molecule has 0 saturated carbocycles. The van der Waals surface area contributed by atoms with E-state index in [9.17, 15) is 31.1 Å². The topological polar surface area (TPSA) is 50.4 Å². The third-order valence-electron chi connectivity index (χ3n) is 4.00. The number of carbonyl (C=O) groups excluding carboxylic acids is 1. The molecule has 1 aromatic rings. The van der Waals surface area contributed by atoms with Crippen molar-refractivity contribution < 1.29 is 35.9 Å². The van der Waals surface area contributed by atoms with Crippen LogP contribution in [0, 0.1) is 0 Å². The van der Waals surface area contributed by atoms with E-state index in [0.29, 0.717) is 18.4 Å². The van der Waals surface area contributed by atoms with Crippen LogP contribution < -0.4 is 10.6 Å². The summed E-state index contributed by atoms with van der Waals surface area (Å²) >= 11 is 0. The van der Waals surface area contributed by atoms with Gasteiger partial charge in [0, 0.05) is 13.2 Å². The molecule has 1 aliphatic rings. The van der Waals surface area contributed by atoms with E-state index < -0.39 is 43.0 Å². The number of amides is 1. The van der Waals surface area contributed by atoms with Crippen molar-refractivity contribution in [2.24, 2.45) is 0 Å². The van der Waals surface area contributed by atoms with Gasteiger partial charge in [-0.05, 0) is 18.4 Å². The minimum atomic E-state index is -5.80. The number of ether oxygens (including phenoxy) is 1. The first kappa shape index (κ1) is 20.5. The van der Waals surface area contributed by atoms with Gasteiger partial charge in [-0.2, -0.15) is 26.3 Å². The summed E-state index contributed by atoms with van der Waals surface area (Å²) in [5.41, 5.74) is -4.25. The summed E-state index contributed by atoms with van der Waals surface area (Å²) in [7, 11) is 0. The second-order valence-corrected chi connectivity index (χ2v) is 5.97. The van der Waals surface area contributed by atoms with Gasteiger partial charge in [0.2, 0.25) is 5.91 Å². The van der Waals surface area contributed by atoms with Gasteiger partial charge in [0.25, 0.3) is 5.66 Å². The summed E-state index contributed by atoms with van der Waals surface area (Å²) in [6, 6.07) is 7.53. The Hall–Kier alpha value is -1.81. The van der Waals surface area contributed by atoms with Gasteiger partial charge in [-0.1, -0.05) is 30.3 Å². The van der Waals surface area contributed by atoms with Crippen molar-refractivity contribution in [1.82, 2.24) is 10.6 Å². The highest BCUT2D eigenvalue weighted by molar-refractivity contribution is 5.79. The molecule has 0 aliphatic carbocycles. The number of hydrogen-bond acceptors (Lipinski definition) is 3.